The number of hydrogen-bond acceptors (Lipinski definition) is 4. The van der Waals surface area contributed by atoms with Crippen LogP contribution in [0.4, 0.5) is 0 Å². The summed E-state index contributed by atoms with van der Waals surface area (Å²) in [7, 11) is 0. The molecule has 144 valence electrons. The van der Waals surface area contributed by atoms with Gasteiger partial charge in [0.1, 0.15) is 0 Å². The Balaban J connectivity index is 0.00000210. The van der Waals surface area contributed by atoms with Gasteiger partial charge in [-0.25, -0.2) is 0 Å². The van der Waals surface area contributed by atoms with Gasteiger partial charge in [-0.15, -0.1) is 35.9 Å². The van der Waals surface area contributed by atoms with E-state index >= 15 is 0 Å². The van der Waals surface area contributed by atoms with E-state index in [0.717, 1.165) is 18.7 Å². The maximum absolute atomic E-state index is 13.0. The summed E-state index contributed by atoms with van der Waals surface area (Å²) in [6.07, 6.45) is 0. The number of nitrogens with zero attached hydrogens (tertiary/aromatic N) is 1. The Morgan fingerprint density at radius 2 is 1.63 bits per heavy atom. The standard InChI is InChI=1S/C21H24N2OS2.ClH/c22-12-18-13-23(14-19(18)15-4-2-1-3-5-15)20(24)16-6-8-17(9-7-16)21-25-10-11-26-21;/h1-9,18-19,21H,10-14,22H2;1H/t18-,19+;/m1./s1. The summed E-state index contributed by atoms with van der Waals surface area (Å²) in [6.45, 7) is 2.10. The Morgan fingerprint density at radius 1 is 0.963 bits per heavy atom. The van der Waals surface area contributed by atoms with Crippen LogP contribution in [0.2, 0.25) is 0 Å². The van der Waals surface area contributed by atoms with Crippen molar-refractivity contribution in [3.8, 4) is 0 Å². The molecule has 0 radical (unpaired) electrons. The van der Waals surface area contributed by atoms with E-state index < -0.39 is 0 Å². The lowest BCUT2D eigenvalue weighted by molar-refractivity contribution is 0.0786. The molecular formula is C21H25ClN2OS2. The molecule has 0 aromatic heterocycles. The molecule has 3 nitrogen and oxygen atoms in total. The molecule has 2 atom stereocenters. The van der Waals surface area contributed by atoms with E-state index in [1.165, 1.54) is 22.6 Å². The molecular weight excluding hydrogens is 396 g/mol. The van der Waals surface area contributed by atoms with E-state index in [9.17, 15) is 4.79 Å². The highest BCUT2D eigenvalue weighted by Gasteiger charge is 2.35. The predicted molar refractivity (Wildman–Crippen MR) is 119 cm³/mol. The summed E-state index contributed by atoms with van der Waals surface area (Å²) in [6, 6.07) is 18.7. The van der Waals surface area contributed by atoms with Gasteiger partial charge >= 0.3 is 0 Å². The molecule has 2 saturated heterocycles. The molecule has 1 amide bonds. The highest BCUT2D eigenvalue weighted by Crippen LogP contribution is 2.45. The monoisotopic (exact) mass is 420 g/mol. The Kier molecular flexibility index (Phi) is 7.15. The maximum atomic E-state index is 13.0. The third-order valence-corrected chi connectivity index (χ3v) is 8.41. The summed E-state index contributed by atoms with van der Waals surface area (Å²) in [5.74, 6) is 3.21. The van der Waals surface area contributed by atoms with Gasteiger partial charge in [0.15, 0.2) is 0 Å². The molecule has 0 bridgehead atoms. The highest BCUT2D eigenvalue weighted by molar-refractivity contribution is 8.19. The number of likely N-dealkylation sites (tertiary alicyclic amines) is 1. The van der Waals surface area contributed by atoms with Gasteiger partial charge in [-0.1, -0.05) is 42.5 Å². The fourth-order valence-electron chi connectivity index (χ4n) is 3.87. The SMILES string of the molecule is Cl.NC[C@@H]1CN(C(=O)c2ccc(C3SCCS3)cc2)C[C@H]1c1ccccc1. The molecule has 0 saturated carbocycles. The van der Waals surface area contributed by atoms with Crippen molar-refractivity contribution in [2.45, 2.75) is 10.5 Å². The molecule has 2 aliphatic heterocycles. The first-order valence-corrected chi connectivity index (χ1v) is 11.2. The lowest BCUT2D eigenvalue weighted by atomic mass is 9.89. The zero-order valence-electron chi connectivity index (χ0n) is 15.1. The van der Waals surface area contributed by atoms with E-state index in [2.05, 4.69) is 36.4 Å². The van der Waals surface area contributed by atoms with Crippen LogP contribution < -0.4 is 5.73 Å². The number of amides is 1. The lowest BCUT2D eigenvalue weighted by Crippen LogP contribution is -2.29. The average Bonchev–Trinajstić information content (AvgIpc) is 3.38. The van der Waals surface area contributed by atoms with Crippen LogP contribution in [-0.4, -0.2) is 41.9 Å². The minimum Gasteiger partial charge on any atom is -0.338 e. The van der Waals surface area contributed by atoms with Crippen molar-refractivity contribution in [2.75, 3.05) is 31.1 Å². The van der Waals surface area contributed by atoms with Crippen LogP contribution in [0.1, 0.15) is 32.0 Å². The number of rotatable bonds is 4. The summed E-state index contributed by atoms with van der Waals surface area (Å²) >= 11 is 3.98. The molecule has 2 aliphatic rings. The molecule has 2 aromatic rings. The van der Waals surface area contributed by atoms with Crippen molar-refractivity contribution in [3.63, 3.8) is 0 Å². The Labute approximate surface area is 175 Å². The molecule has 2 aromatic carbocycles. The van der Waals surface area contributed by atoms with Gasteiger partial charge in [-0.3, -0.25) is 4.79 Å². The van der Waals surface area contributed by atoms with E-state index in [0.29, 0.717) is 23.0 Å². The van der Waals surface area contributed by atoms with Crippen molar-refractivity contribution >= 4 is 41.8 Å². The van der Waals surface area contributed by atoms with Gasteiger partial charge in [0.25, 0.3) is 5.91 Å². The van der Waals surface area contributed by atoms with Crippen LogP contribution in [0.3, 0.4) is 0 Å². The summed E-state index contributed by atoms with van der Waals surface area (Å²) < 4.78 is 0.523. The van der Waals surface area contributed by atoms with Crippen molar-refractivity contribution < 1.29 is 4.79 Å². The zero-order valence-corrected chi connectivity index (χ0v) is 17.6. The van der Waals surface area contributed by atoms with Crippen LogP contribution in [0.15, 0.2) is 54.6 Å². The Morgan fingerprint density at radius 3 is 2.26 bits per heavy atom. The highest BCUT2D eigenvalue weighted by atomic mass is 35.5. The molecule has 4 rings (SSSR count). The lowest BCUT2D eigenvalue weighted by Gasteiger charge is -2.17. The third-order valence-electron chi connectivity index (χ3n) is 5.31. The van der Waals surface area contributed by atoms with Crippen molar-refractivity contribution in [3.05, 3.63) is 71.3 Å². The van der Waals surface area contributed by atoms with Crippen LogP contribution in [-0.2, 0) is 0 Å². The molecule has 0 unspecified atom stereocenters. The van der Waals surface area contributed by atoms with Crippen LogP contribution in [0, 0.1) is 5.92 Å². The van der Waals surface area contributed by atoms with Crippen molar-refractivity contribution in [1.82, 2.24) is 4.90 Å². The minimum atomic E-state index is 0. The number of thioether (sulfide) groups is 2. The average molecular weight is 421 g/mol. The van der Waals surface area contributed by atoms with Gasteiger partial charge in [0.2, 0.25) is 0 Å². The molecule has 2 N–H and O–H groups in total. The van der Waals surface area contributed by atoms with Crippen LogP contribution >= 0.6 is 35.9 Å². The summed E-state index contributed by atoms with van der Waals surface area (Å²) in [5.41, 5.74) is 9.39. The quantitative estimate of drug-likeness (QED) is 0.796. The van der Waals surface area contributed by atoms with Gasteiger partial charge in [-0.2, -0.15) is 0 Å². The van der Waals surface area contributed by atoms with Gasteiger partial charge in [0, 0.05) is 36.1 Å². The smallest absolute Gasteiger partial charge is 0.253 e. The summed E-state index contributed by atoms with van der Waals surface area (Å²) in [5, 5.41) is 0. The topological polar surface area (TPSA) is 46.3 Å². The van der Waals surface area contributed by atoms with Crippen molar-refractivity contribution in [2.24, 2.45) is 11.7 Å². The van der Waals surface area contributed by atoms with E-state index in [1.54, 1.807) is 0 Å². The van der Waals surface area contributed by atoms with Crippen LogP contribution in [0.5, 0.6) is 0 Å². The van der Waals surface area contributed by atoms with Crippen LogP contribution in [0.25, 0.3) is 0 Å². The maximum Gasteiger partial charge on any atom is 0.253 e. The van der Waals surface area contributed by atoms with E-state index in [-0.39, 0.29) is 18.3 Å². The number of carbonyl (C=O) groups excluding carboxylic acids is 1. The predicted octanol–water partition coefficient (Wildman–Crippen LogP) is 4.40. The van der Waals surface area contributed by atoms with Gasteiger partial charge < -0.3 is 10.6 Å². The first-order chi connectivity index (χ1) is 12.8. The van der Waals surface area contributed by atoms with Gasteiger partial charge in [0.05, 0.1) is 4.58 Å². The third kappa shape index (κ3) is 4.48. The number of benzene rings is 2. The Bertz CT molecular complexity index is 751. The second kappa shape index (κ2) is 9.37. The molecule has 27 heavy (non-hydrogen) atoms. The van der Waals surface area contributed by atoms with Gasteiger partial charge in [-0.05, 0) is 35.7 Å². The fraction of sp³-hybridized carbons (Fsp3) is 0.381. The van der Waals surface area contributed by atoms with Crippen molar-refractivity contribution in [1.29, 1.82) is 0 Å². The minimum absolute atomic E-state index is 0. The molecule has 2 fully saturated rings. The fourth-order valence-corrected chi connectivity index (χ4v) is 6.73. The largest absolute Gasteiger partial charge is 0.338 e. The number of hydrogen-bond donors (Lipinski definition) is 1. The molecule has 2 heterocycles. The normalized spacial score (nSPS) is 22.6. The van der Waals surface area contributed by atoms with E-state index in [4.69, 9.17) is 5.73 Å². The first-order valence-electron chi connectivity index (χ1n) is 9.13. The zero-order chi connectivity index (χ0) is 17.9. The second-order valence-corrected chi connectivity index (χ2v) is 9.64. The summed E-state index contributed by atoms with van der Waals surface area (Å²) in [4.78, 5) is 15.0. The first kappa shape index (κ1) is 20.6. The number of halogens is 1. The Hall–Kier alpha value is -1.14. The number of carbonyl (C=O) groups is 1. The molecule has 0 aliphatic carbocycles. The van der Waals surface area contributed by atoms with E-state index in [1.807, 2.05) is 46.6 Å². The molecule has 0 spiro atoms. The molecule has 6 heteroatoms. The number of nitrogens with two attached hydrogens (primary N) is 1. The second-order valence-electron chi connectivity index (χ2n) is 6.92.